The molecular formula is C16H19FN4. The highest BCUT2D eigenvalue weighted by atomic mass is 19.1. The lowest BCUT2D eigenvalue weighted by Crippen LogP contribution is -2.39. The number of aromatic nitrogens is 2. The molecule has 110 valence electrons. The van der Waals surface area contributed by atoms with Gasteiger partial charge < -0.3 is 10.2 Å². The van der Waals surface area contributed by atoms with E-state index >= 15 is 0 Å². The normalized spacial score (nSPS) is 16.0. The summed E-state index contributed by atoms with van der Waals surface area (Å²) < 4.78 is 13.6. The average molecular weight is 286 g/mol. The molecule has 21 heavy (non-hydrogen) atoms. The van der Waals surface area contributed by atoms with Crippen LogP contribution in [0.4, 0.5) is 15.9 Å². The number of hydrogen-bond donors (Lipinski definition) is 1. The Bertz CT molecular complexity index is 609. The van der Waals surface area contributed by atoms with Gasteiger partial charge in [-0.25, -0.2) is 14.4 Å². The van der Waals surface area contributed by atoms with E-state index in [2.05, 4.69) is 20.2 Å². The van der Waals surface area contributed by atoms with Crippen LogP contribution >= 0.6 is 0 Å². The van der Waals surface area contributed by atoms with Gasteiger partial charge in [-0.1, -0.05) is 12.1 Å². The minimum absolute atomic E-state index is 0.189. The summed E-state index contributed by atoms with van der Waals surface area (Å²) in [5.74, 6) is 0.790. The van der Waals surface area contributed by atoms with Gasteiger partial charge in [0.15, 0.2) is 0 Å². The molecule has 3 rings (SSSR count). The minimum Gasteiger partial charge on any atom is -0.380 e. The Labute approximate surface area is 124 Å². The number of halogens is 1. The maximum atomic E-state index is 13.6. The molecule has 0 unspecified atom stereocenters. The van der Waals surface area contributed by atoms with Crippen LogP contribution in [0.25, 0.3) is 0 Å². The van der Waals surface area contributed by atoms with E-state index in [4.69, 9.17) is 0 Å². The molecule has 1 aromatic carbocycles. The van der Waals surface area contributed by atoms with Crippen molar-refractivity contribution in [2.75, 3.05) is 23.3 Å². The Balaban J connectivity index is 1.59. The maximum Gasteiger partial charge on any atom is 0.146 e. The summed E-state index contributed by atoms with van der Waals surface area (Å²) in [5.41, 5.74) is 1.57. The van der Waals surface area contributed by atoms with Crippen molar-refractivity contribution in [2.24, 2.45) is 0 Å². The molecule has 2 aromatic rings. The van der Waals surface area contributed by atoms with Gasteiger partial charge in [0.1, 0.15) is 18.0 Å². The number of para-hydroxylation sites is 1. The van der Waals surface area contributed by atoms with Gasteiger partial charge in [0.25, 0.3) is 0 Å². The number of anilines is 2. The molecule has 0 bridgehead atoms. The Morgan fingerprint density at radius 1 is 1.19 bits per heavy atom. The minimum atomic E-state index is -0.189. The fraction of sp³-hybridized carbons (Fsp3) is 0.375. The number of benzene rings is 1. The first-order valence-corrected chi connectivity index (χ1v) is 7.27. The lowest BCUT2D eigenvalue weighted by atomic mass is 10.0. The number of nitrogens with zero attached hydrogens (tertiary/aromatic N) is 3. The summed E-state index contributed by atoms with van der Waals surface area (Å²) >= 11 is 0. The van der Waals surface area contributed by atoms with Crippen molar-refractivity contribution >= 4 is 11.5 Å². The first kappa shape index (κ1) is 13.8. The third-order valence-electron chi connectivity index (χ3n) is 3.84. The van der Waals surface area contributed by atoms with E-state index in [1.54, 1.807) is 18.5 Å². The smallest absolute Gasteiger partial charge is 0.146 e. The van der Waals surface area contributed by atoms with E-state index in [0.29, 0.717) is 11.7 Å². The van der Waals surface area contributed by atoms with E-state index < -0.39 is 0 Å². The lowest BCUT2D eigenvalue weighted by Gasteiger charge is -2.33. The number of hydrogen-bond acceptors (Lipinski definition) is 4. The molecule has 0 spiro atoms. The van der Waals surface area contributed by atoms with Crippen molar-refractivity contribution in [3.63, 3.8) is 0 Å². The van der Waals surface area contributed by atoms with Crippen molar-refractivity contribution in [3.05, 3.63) is 48.2 Å². The van der Waals surface area contributed by atoms with E-state index in [1.807, 2.05) is 19.1 Å². The number of aryl methyl sites for hydroxylation is 1. The third-order valence-corrected chi connectivity index (χ3v) is 3.84. The Kier molecular flexibility index (Phi) is 3.99. The van der Waals surface area contributed by atoms with E-state index in [0.717, 1.165) is 37.4 Å². The molecule has 1 saturated heterocycles. The van der Waals surface area contributed by atoms with Crippen LogP contribution < -0.4 is 10.2 Å². The number of nitrogens with one attached hydrogen (secondary N) is 1. The molecule has 1 aliphatic heterocycles. The van der Waals surface area contributed by atoms with Crippen LogP contribution in [0.3, 0.4) is 0 Å². The molecule has 1 fully saturated rings. The lowest BCUT2D eigenvalue weighted by molar-refractivity contribution is 0.519. The highest BCUT2D eigenvalue weighted by molar-refractivity contribution is 5.46. The average Bonchev–Trinajstić information content (AvgIpc) is 2.50. The second kappa shape index (κ2) is 6.08. The van der Waals surface area contributed by atoms with E-state index in [9.17, 15) is 4.39 Å². The molecule has 4 nitrogen and oxygen atoms in total. The topological polar surface area (TPSA) is 41.0 Å². The van der Waals surface area contributed by atoms with Gasteiger partial charge in [-0.15, -0.1) is 0 Å². The molecule has 1 aliphatic rings. The SMILES string of the molecule is Cc1cc(N2CCC(Nc3ccccc3F)CC2)ncn1. The molecular weight excluding hydrogens is 267 g/mol. The van der Waals surface area contributed by atoms with Gasteiger partial charge in [0.2, 0.25) is 0 Å². The first-order chi connectivity index (χ1) is 10.2. The predicted octanol–water partition coefficient (Wildman–Crippen LogP) is 3.01. The van der Waals surface area contributed by atoms with Crippen LogP contribution in [0.1, 0.15) is 18.5 Å². The monoisotopic (exact) mass is 286 g/mol. The fourth-order valence-electron chi connectivity index (χ4n) is 2.66. The van der Waals surface area contributed by atoms with E-state index in [-0.39, 0.29) is 5.82 Å². The zero-order valence-electron chi connectivity index (χ0n) is 12.1. The van der Waals surface area contributed by atoms with Crippen LogP contribution in [-0.4, -0.2) is 29.1 Å². The predicted molar refractivity (Wildman–Crippen MR) is 82.0 cm³/mol. The molecule has 0 radical (unpaired) electrons. The van der Waals surface area contributed by atoms with Crippen LogP contribution in [0, 0.1) is 12.7 Å². The van der Waals surface area contributed by atoms with Crippen LogP contribution in [0.2, 0.25) is 0 Å². The van der Waals surface area contributed by atoms with Crippen molar-refractivity contribution in [2.45, 2.75) is 25.8 Å². The summed E-state index contributed by atoms with van der Waals surface area (Å²) in [5, 5.41) is 3.30. The zero-order chi connectivity index (χ0) is 14.7. The van der Waals surface area contributed by atoms with Gasteiger partial charge in [-0.05, 0) is 31.9 Å². The maximum absolute atomic E-state index is 13.6. The largest absolute Gasteiger partial charge is 0.380 e. The van der Waals surface area contributed by atoms with Gasteiger partial charge in [-0.3, -0.25) is 0 Å². The standard InChI is InChI=1S/C16H19FN4/c1-12-10-16(19-11-18-12)21-8-6-13(7-9-21)20-15-5-3-2-4-14(15)17/h2-5,10-11,13,20H,6-9H2,1H3. The van der Waals surface area contributed by atoms with Gasteiger partial charge in [0, 0.05) is 30.9 Å². The highest BCUT2D eigenvalue weighted by Crippen LogP contribution is 2.22. The van der Waals surface area contributed by atoms with Gasteiger partial charge in [0.05, 0.1) is 5.69 Å². The highest BCUT2D eigenvalue weighted by Gasteiger charge is 2.20. The first-order valence-electron chi connectivity index (χ1n) is 7.27. The molecule has 0 aliphatic carbocycles. The van der Waals surface area contributed by atoms with Crippen molar-refractivity contribution in [1.82, 2.24) is 9.97 Å². The summed E-state index contributed by atoms with van der Waals surface area (Å²) in [6.07, 6.45) is 3.54. The second-order valence-corrected chi connectivity index (χ2v) is 5.40. The fourth-order valence-corrected chi connectivity index (χ4v) is 2.66. The summed E-state index contributed by atoms with van der Waals surface area (Å²) in [4.78, 5) is 10.7. The Morgan fingerprint density at radius 3 is 2.67 bits per heavy atom. The number of piperidine rings is 1. The van der Waals surface area contributed by atoms with Crippen molar-refractivity contribution in [3.8, 4) is 0 Å². The van der Waals surface area contributed by atoms with Crippen LogP contribution in [-0.2, 0) is 0 Å². The van der Waals surface area contributed by atoms with Crippen LogP contribution in [0.15, 0.2) is 36.7 Å². The van der Waals surface area contributed by atoms with E-state index in [1.165, 1.54) is 6.07 Å². The van der Waals surface area contributed by atoms with Gasteiger partial charge in [-0.2, -0.15) is 0 Å². The molecule has 0 saturated carbocycles. The zero-order valence-corrected chi connectivity index (χ0v) is 12.1. The van der Waals surface area contributed by atoms with Crippen molar-refractivity contribution < 1.29 is 4.39 Å². The quantitative estimate of drug-likeness (QED) is 0.941. The second-order valence-electron chi connectivity index (χ2n) is 5.40. The molecule has 1 aromatic heterocycles. The van der Waals surface area contributed by atoms with Crippen LogP contribution in [0.5, 0.6) is 0 Å². The molecule has 0 amide bonds. The molecule has 5 heteroatoms. The summed E-state index contributed by atoms with van der Waals surface area (Å²) in [6, 6.07) is 9.15. The summed E-state index contributed by atoms with van der Waals surface area (Å²) in [7, 11) is 0. The van der Waals surface area contributed by atoms with Crippen molar-refractivity contribution in [1.29, 1.82) is 0 Å². The molecule has 0 atom stereocenters. The summed E-state index contributed by atoms with van der Waals surface area (Å²) in [6.45, 7) is 3.81. The van der Waals surface area contributed by atoms with Gasteiger partial charge >= 0.3 is 0 Å². The Morgan fingerprint density at radius 2 is 1.95 bits per heavy atom. The third kappa shape index (κ3) is 3.29. The molecule has 2 heterocycles. The molecule has 1 N–H and O–H groups in total. The Hall–Kier alpha value is -2.17. The number of rotatable bonds is 3.